The van der Waals surface area contributed by atoms with Gasteiger partial charge in [-0.3, -0.25) is 0 Å². The summed E-state index contributed by atoms with van der Waals surface area (Å²) >= 11 is 3.07. The van der Waals surface area contributed by atoms with Crippen LogP contribution in [0.2, 0.25) is 0 Å². The summed E-state index contributed by atoms with van der Waals surface area (Å²) in [7, 11) is 0. The van der Waals surface area contributed by atoms with Crippen LogP contribution in [0, 0.1) is 6.07 Å². The van der Waals surface area contributed by atoms with Gasteiger partial charge in [-0.25, -0.2) is 8.78 Å². The Morgan fingerprint density at radius 2 is 2.10 bits per heavy atom. The molecule has 0 aliphatic heterocycles. The van der Waals surface area contributed by atoms with Crippen molar-refractivity contribution in [3.8, 4) is 0 Å². The van der Waals surface area contributed by atoms with E-state index in [-0.39, 0.29) is 5.56 Å². The van der Waals surface area contributed by atoms with Crippen molar-refractivity contribution < 1.29 is 8.78 Å². The van der Waals surface area contributed by atoms with Crippen LogP contribution in [0.1, 0.15) is 12.0 Å². The Morgan fingerprint density at radius 3 is 2.50 bits per heavy atom. The fourth-order valence-corrected chi connectivity index (χ4v) is 0.983. The van der Waals surface area contributed by atoms with Crippen molar-refractivity contribution in [2.24, 2.45) is 0 Å². The van der Waals surface area contributed by atoms with Gasteiger partial charge < -0.3 is 0 Å². The van der Waals surface area contributed by atoms with E-state index in [2.05, 4.69) is 22.0 Å². The zero-order chi connectivity index (χ0) is 7.56. The second kappa shape index (κ2) is 3.10. The number of rotatable bonds is 1. The third-order valence-electron chi connectivity index (χ3n) is 1.03. The quantitative estimate of drug-likeness (QED) is 0.661. The van der Waals surface area contributed by atoms with Crippen LogP contribution in [0.3, 0.4) is 0 Å². The zero-order valence-electron chi connectivity index (χ0n) is 4.94. The molecule has 0 bridgehead atoms. The van der Waals surface area contributed by atoms with E-state index in [1.165, 1.54) is 12.1 Å². The minimum absolute atomic E-state index is 0.00521. The molecule has 0 nitrogen and oxygen atoms in total. The molecule has 0 fully saturated rings. The van der Waals surface area contributed by atoms with Gasteiger partial charge in [0.1, 0.15) is 0 Å². The van der Waals surface area contributed by atoms with Gasteiger partial charge >= 0.3 is 0 Å². The minimum atomic E-state index is -2.41. The SMILES string of the molecule is FC(F)c1c[c]cc(Br)c1. The highest BCUT2D eigenvalue weighted by molar-refractivity contribution is 9.10. The fraction of sp³-hybridized carbons (Fsp3) is 0.143. The number of hydrogen-bond acceptors (Lipinski definition) is 0. The van der Waals surface area contributed by atoms with Gasteiger partial charge in [-0.2, -0.15) is 0 Å². The molecule has 1 rings (SSSR count). The van der Waals surface area contributed by atoms with E-state index in [1.54, 1.807) is 6.07 Å². The maximum Gasteiger partial charge on any atom is 0.263 e. The molecule has 0 heterocycles. The van der Waals surface area contributed by atoms with Crippen LogP contribution in [-0.4, -0.2) is 0 Å². The summed E-state index contributed by atoms with van der Waals surface area (Å²) in [5.41, 5.74) is -0.00521. The predicted molar refractivity (Wildman–Crippen MR) is 37.9 cm³/mol. The lowest BCUT2D eigenvalue weighted by atomic mass is 10.2. The highest BCUT2D eigenvalue weighted by atomic mass is 79.9. The second-order valence-corrected chi connectivity index (χ2v) is 2.70. The maximum absolute atomic E-state index is 11.9. The molecule has 0 spiro atoms. The van der Waals surface area contributed by atoms with Gasteiger partial charge in [-0.15, -0.1) is 0 Å². The Labute approximate surface area is 66.0 Å². The van der Waals surface area contributed by atoms with Crippen molar-refractivity contribution in [3.05, 3.63) is 34.3 Å². The summed E-state index contributed by atoms with van der Waals surface area (Å²) in [6.07, 6.45) is -2.41. The highest BCUT2D eigenvalue weighted by Crippen LogP contribution is 2.21. The van der Waals surface area contributed by atoms with Gasteiger partial charge in [-0.05, 0) is 24.3 Å². The molecule has 0 aromatic heterocycles. The van der Waals surface area contributed by atoms with Crippen molar-refractivity contribution in [1.29, 1.82) is 0 Å². The molecule has 0 saturated heterocycles. The average Bonchev–Trinajstić information content (AvgIpc) is 1.88. The minimum Gasteiger partial charge on any atom is -0.205 e. The van der Waals surface area contributed by atoms with Gasteiger partial charge in [0.15, 0.2) is 0 Å². The molecule has 0 atom stereocenters. The molecule has 1 aromatic carbocycles. The first kappa shape index (κ1) is 7.66. The van der Waals surface area contributed by atoms with Crippen LogP contribution < -0.4 is 0 Å². The molecule has 0 aliphatic rings. The first-order valence-electron chi connectivity index (χ1n) is 2.65. The molecular formula is C7H4BrF2. The van der Waals surface area contributed by atoms with Crippen LogP contribution in [-0.2, 0) is 0 Å². The first-order chi connectivity index (χ1) is 4.70. The van der Waals surface area contributed by atoms with E-state index < -0.39 is 6.43 Å². The van der Waals surface area contributed by atoms with Crippen molar-refractivity contribution in [2.75, 3.05) is 0 Å². The van der Waals surface area contributed by atoms with E-state index in [0.717, 1.165) is 0 Å². The molecule has 1 aromatic rings. The van der Waals surface area contributed by atoms with E-state index >= 15 is 0 Å². The van der Waals surface area contributed by atoms with Crippen LogP contribution in [0.25, 0.3) is 0 Å². The first-order valence-corrected chi connectivity index (χ1v) is 3.44. The number of alkyl halides is 2. The molecule has 53 valence electrons. The number of hydrogen-bond donors (Lipinski definition) is 0. The van der Waals surface area contributed by atoms with Crippen LogP contribution in [0.5, 0.6) is 0 Å². The third kappa shape index (κ3) is 1.77. The van der Waals surface area contributed by atoms with Crippen molar-refractivity contribution in [1.82, 2.24) is 0 Å². The lowest BCUT2D eigenvalue weighted by Crippen LogP contribution is -1.81. The Bertz CT molecular complexity index is 223. The largest absolute Gasteiger partial charge is 0.263 e. The molecule has 0 aliphatic carbocycles. The lowest BCUT2D eigenvalue weighted by molar-refractivity contribution is 0.151. The van der Waals surface area contributed by atoms with Crippen LogP contribution in [0.4, 0.5) is 8.78 Å². The predicted octanol–water partition coefficient (Wildman–Crippen LogP) is 3.19. The van der Waals surface area contributed by atoms with Crippen molar-refractivity contribution in [3.63, 3.8) is 0 Å². The third-order valence-corrected chi connectivity index (χ3v) is 1.49. The van der Waals surface area contributed by atoms with Crippen LogP contribution >= 0.6 is 15.9 Å². The number of halogens is 3. The topological polar surface area (TPSA) is 0 Å². The van der Waals surface area contributed by atoms with Gasteiger partial charge in [-0.1, -0.05) is 15.9 Å². The van der Waals surface area contributed by atoms with Crippen molar-refractivity contribution >= 4 is 15.9 Å². The van der Waals surface area contributed by atoms with Gasteiger partial charge in [0.2, 0.25) is 0 Å². The monoisotopic (exact) mass is 205 g/mol. The normalized spacial score (nSPS) is 10.4. The molecule has 0 N–H and O–H groups in total. The fourth-order valence-electron chi connectivity index (χ4n) is 0.586. The number of benzene rings is 1. The van der Waals surface area contributed by atoms with Gasteiger partial charge in [0, 0.05) is 10.0 Å². The molecule has 0 amide bonds. The van der Waals surface area contributed by atoms with E-state index in [0.29, 0.717) is 4.47 Å². The molecule has 0 unspecified atom stereocenters. The van der Waals surface area contributed by atoms with Gasteiger partial charge in [0.25, 0.3) is 6.43 Å². The molecule has 1 radical (unpaired) electrons. The Balaban J connectivity index is 2.96. The Morgan fingerprint density at radius 1 is 1.40 bits per heavy atom. The summed E-state index contributed by atoms with van der Waals surface area (Å²) in [4.78, 5) is 0. The highest BCUT2D eigenvalue weighted by Gasteiger charge is 2.05. The average molecular weight is 206 g/mol. The van der Waals surface area contributed by atoms with E-state index in [4.69, 9.17) is 0 Å². The van der Waals surface area contributed by atoms with Crippen LogP contribution in [0.15, 0.2) is 22.7 Å². The van der Waals surface area contributed by atoms with E-state index in [9.17, 15) is 8.78 Å². The molecule has 10 heavy (non-hydrogen) atoms. The zero-order valence-corrected chi connectivity index (χ0v) is 6.53. The maximum atomic E-state index is 11.9. The Hall–Kier alpha value is -0.440. The van der Waals surface area contributed by atoms with E-state index in [1.807, 2.05) is 0 Å². The van der Waals surface area contributed by atoms with Gasteiger partial charge in [0.05, 0.1) is 0 Å². The standard InChI is InChI=1S/C7H4BrF2/c8-6-3-1-2-5(4-6)7(9)10/h2-4,7H. The molecule has 0 saturated carbocycles. The smallest absolute Gasteiger partial charge is 0.205 e. The molecule has 3 heteroatoms. The summed E-state index contributed by atoms with van der Waals surface area (Å²) in [6.45, 7) is 0. The summed E-state index contributed by atoms with van der Waals surface area (Å²) in [6, 6.07) is 6.82. The molecular weight excluding hydrogens is 202 g/mol. The Kier molecular flexibility index (Phi) is 2.38. The summed E-state index contributed by atoms with van der Waals surface area (Å²) in [5, 5.41) is 0. The van der Waals surface area contributed by atoms with Crippen molar-refractivity contribution in [2.45, 2.75) is 6.43 Å². The summed E-state index contributed by atoms with van der Waals surface area (Å²) < 4.78 is 24.4. The summed E-state index contributed by atoms with van der Waals surface area (Å²) in [5.74, 6) is 0. The lowest BCUT2D eigenvalue weighted by Gasteiger charge is -1.97. The second-order valence-electron chi connectivity index (χ2n) is 1.79.